The molecule has 0 spiro atoms. The summed E-state index contributed by atoms with van der Waals surface area (Å²) < 4.78 is 71.3. The summed E-state index contributed by atoms with van der Waals surface area (Å²) in [5.74, 6) is -5.07. The van der Waals surface area contributed by atoms with E-state index in [1.54, 1.807) is 16.7 Å². The van der Waals surface area contributed by atoms with Crippen molar-refractivity contribution in [3.63, 3.8) is 0 Å². The van der Waals surface area contributed by atoms with E-state index in [-0.39, 0.29) is 34.4 Å². The highest BCUT2D eigenvalue weighted by atomic mass is 35.5. The maximum atomic E-state index is 15.4. The Labute approximate surface area is 246 Å². The molecule has 1 unspecified atom stereocenters. The van der Waals surface area contributed by atoms with Crippen LogP contribution in [0.5, 0.6) is 5.88 Å². The Kier molecular flexibility index (Phi) is 7.72. The van der Waals surface area contributed by atoms with E-state index in [2.05, 4.69) is 15.0 Å². The molecule has 1 aliphatic rings. The maximum Gasteiger partial charge on any atom is 0.354 e. The molecule has 3 aromatic heterocycles. The second-order valence-electron chi connectivity index (χ2n) is 9.89. The van der Waals surface area contributed by atoms with Crippen molar-refractivity contribution in [2.24, 2.45) is 0 Å². The van der Waals surface area contributed by atoms with Gasteiger partial charge in [-0.2, -0.15) is 0 Å². The highest BCUT2D eigenvalue weighted by Crippen LogP contribution is 2.30. The van der Waals surface area contributed by atoms with Gasteiger partial charge in [-0.1, -0.05) is 23.7 Å². The summed E-state index contributed by atoms with van der Waals surface area (Å²) in [6, 6.07) is 11.3. The highest BCUT2D eigenvalue weighted by Gasteiger charge is 2.24. The third kappa shape index (κ3) is 5.88. The zero-order valence-corrected chi connectivity index (χ0v) is 22.9. The standard InChI is InChI=1S/C30H21ClF4N4O4/c31-17-3-2-16(20(32)11-17)14-43-29-23(35)12-22(34)27(38-29)19-4-1-15(9-21(19)33)10-26-36-24-5-6-25(30(40)41)37-28(24)39(26)13-18-7-8-42-18/h1-6,9,11-12,18H,7-8,10,13-14H2,(H,40,41). The van der Waals surface area contributed by atoms with Crippen LogP contribution >= 0.6 is 11.6 Å². The number of carboxylic acid groups (broad SMARTS) is 1. The third-order valence-corrected chi connectivity index (χ3v) is 7.23. The monoisotopic (exact) mass is 612 g/mol. The molecule has 0 bridgehead atoms. The number of rotatable bonds is 9. The largest absolute Gasteiger partial charge is 0.477 e. The third-order valence-electron chi connectivity index (χ3n) is 7.00. The lowest BCUT2D eigenvalue weighted by atomic mass is 10.0. The van der Waals surface area contributed by atoms with Crippen LogP contribution < -0.4 is 4.74 Å². The van der Waals surface area contributed by atoms with E-state index in [4.69, 9.17) is 21.1 Å². The van der Waals surface area contributed by atoms with Crippen LogP contribution in [-0.2, 0) is 24.3 Å². The molecule has 8 nitrogen and oxygen atoms in total. The predicted octanol–water partition coefficient (Wildman–Crippen LogP) is 6.36. The fraction of sp³-hybridized carbons (Fsp3) is 0.200. The molecule has 4 heterocycles. The van der Waals surface area contributed by atoms with E-state index in [0.717, 1.165) is 12.5 Å². The molecule has 1 fully saturated rings. The number of aromatic carboxylic acids is 1. The van der Waals surface area contributed by atoms with Gasteiger partial charge in [0.15, 0.2) is 23.0 Å². The number of pyridine rings is 2. The van der Waals surface area contributed by atoms with Gasteiger partial charge in [-0.15, -0.1) is 0 Å². The van der Waals surface area contributed by atoms with Gasteiger partial charge >= 0.3 is 5.97 Å². The van der Waals surface area contributed by atoms with Crippen molar-refractivity contribution in [3.8, 4) is 17.1 Å². The van der Waals surface area contributed by atoms with Gasteiger partial charge < -0.3 is 19.1 Å². The Morgan fingerprint density at radius 1 is 0.977 bits per heavy atom. The van der Waals surface area contributed by atoms with Crippen LogP contribution in [0.25, 0.3) is 22.4 Å². The van der Waals surface area contributed by atoms with Crippen LogP contribution in [0.2, 0.25) is 5.02 Å². The van der Waals surface area contributed by atoms with Crippen LogP contribution in [0.4, 0.5) is 17.6 Å². The molecule has 13 heteroatoms. The van der Waals surface area contributed by atoms with Crippen LogP contribution in [0.3, 0.4) is 0 Å². The molecule has 6 rings (SSSR count). The van der Waals surface area contributed by atoms with Crippen molar-refractivity contribution in [2.45, 2.75) is 32.1 Å². The molecular weight excluding hydrogens is 592 g/mol. The average Bonchev–Trinajstić information content (AvgIpc) is 3.27. The molecule has 1 saturated heterocycles. The molecule has 5 aromatic rings. The Hall–Kier alpha value is -4.55. The van der Waals surface area contributed by atoms with Gasteiger partial charge in [0.2, 0.25) is 0 Å². The molecule has 0 radical (unpaired) electrons. The minimum atomic E-state index is -1.18. The van der Waals surface area contributed by atoms with Crippen molar-refractivity contribution < 1.29 is 36.9 Å². The van der Waals surface area contributed by atoms with E-state index < -0.39 is 47.4 Å². The summed E-state index contributed by atoms with van der Waals surface area (Å²) in [5.41, 5.74) is 0.510. The quantitative estimate of drug-likeness (QED) is 0.193. The summed E-state index contributed by atoms with van der Waals surface area (Å²) in [5, 5.41) is 9.55. The Balaban J connectivity index is 1.28. The number of carbonyl (C=O) groups is 1. The Morgan fingerprint density at radius 3 is 2.49 bits per heavy atom. The van der Waals surface area contributed by atoms with Crippen LogP contribution in [0.15, 0.2) is 54.6 Å². The molecule has 220 valence electrons. The number of benzene rings is 2. The Morgan fingerprint density at radius 2 is 1.79 bits per heavy atom. The van der Waals surface area contributed by atoms with Gasteiger partial charge in [-0.3, -0.25) is 0 Å². The van der Waals surface area contributed by atoms with E-state index in [0.29, 0.717) is 41.8 Å². The number of halogens is 5. The van der Waals surface area contributed by atoms with Crippen molar-refractivity contribution in [3.05, 3.63) is 106 Å². The highest BCUT2D eigenvalue weighted by molar-refractivity contribution is 6.30. The number of hydrogen-bond acceptors (Lipinski definition) is 6. The van der Waals surface area contributed by atoms with Crippen molar-refractivity contribution in [1.29, 1.82) is 0 Å². The van der Waals surface area contributed by atoms with E-state index in [1.165, 1.54) is 30.3 Å². The topological polar surface area (TPSA) is 99.4 Å². The van der Waals surface area contributed by atoms with Crippen LogP contribution in [-0.4, -0.2) is 43.3 Å². The lowest BCUT2D eigenvalue weighted by Gasteiger charge is -2.27. The van der Waals surface area contributed by atoms with Crippen molar-refractivity contribution in [1.82, 2.24) is 19.5 Å². The molecule has 43 heavy (non-hydrogen) atoms. The minimum Gasteiger partial charge on any atom is -0.477 e. The van der Waals surface area contributed by atoms with Gasteiger partial charge in [0.05, 0.1) is 12.6 Å². The Bertz CT molecular complexity index is 1880. The SMILES string of the molecule is O=C(O)c1ccc2nc(Cc3ccc(-c4nc(OCc5ccc(Cl)cc5F)c(F)cc4F)c(F)c3)n(CC3CCO3)c2n1. The summed E-state index contributed by atoms with van der Waals surface area (Å²) in [6.45, 7) is 0.580. The van der Waals surface area contributed by atoms with Crippen molar-refractivity contribution >= 4 is 28.7 Å². The first-order valence-corrected chi connectivity index (χ1v) is 13.5. The normalized spacial score (nSPS) is 14.6. The summed E-state index contributed by atoms with van der Waals surface area (Å²) in [6.07, 6.45) is 0.867. The summed E-state index contributed by atoms with van der Waals surface area (Å²) in [4.78, 5) is 24.2. The van der Waals surface area contributed by atoms with Crippen molar-refractivity contribution in [2.75, 3.05) is 6.61 Å². The van der Waals surface area contributed by atoms with Gasteiger partial charge in [0, 0.05) is 35.2 Å². The number of imidazole rings is 1. The average molecular weight is 613 g/mol. The molecular formula is C30H21ClF4N4O4. The molecule has 0 amide bonds. The first-order valence-electron chi connectivity index (χ1n) is 13.1. The first-order chi connectivity index (χ1) is 20.7. The van der Waals surface area contributed by atoms with E-state index in [1.807, 2.05) is 0 Å². The maximum absolute atomic E-state index is 15.4. The number of hydrogen-bond donors (Lipinski definition) is 1. The second-order valence-corrected chi connectivity index (χ2v) is 10.3. The van der Waals surface area contributed by atoms with E-state index in [9.17, 15) is 23.1 Å². The zero-order valence-electron chi connectivity index (χ0n) is 22.2. The zero-order chi connectivity index (χ0) is 30.2. The molecule has 1 N–H and O–H groups in total. The minimum absolute atomic E-state index is 0.0660. The predicted molar refractivity (Wildman–Crippen MR) is 147 cm³/mol. The molecule has 1 aliphatic heterocycles. The second kappa shape index (κ2) is 11.6. The summed E-state index contributed by atoms with van der Waals surface area (Å²) in [7, 11) is 0. The smallest absolute Gasteiger partial charge is 0.354 e. The number of aromatic nitrogens is 4. The van der Waals surface area contributed by atoms with E-state index >= 15 is 4.39 Å². The molecule has 0 saturated carbocycles. The number of fused-ring (bicyclic) bond motifs is 1. The van der Waals surface area contributed by atoms with Gasteiger partial charge in [-0.25, -0.2) is 37.3 Å². The number of nitrogens with zero attached hydrogens (tertiary/aromatic N) is 4. The number of carboxylic acids is 1. The molecule has 1 atom stereocenters. The van der Waals surface area contributed by atoms with Gasteiger partial charge in [0.1, 0.15) is 35.3 Å². The lowest BCUT2D eigenvalue weighted by Crippen LogP contribution is -2.32. The van der Waals surface area contributed by atoms with Crippen LogP contribution in [0, 0.1) is 23.3 Å². The molecule has 2 aromatic carbocycles. The fourth-order valence-corrected chi connectivity index (χ4v) is 4.85. The van der Waals surface area contributed by atoms with Gasteiger partial charge in [-0.05, 0) is 48.4 Å². The first kappa shape index (κ1) is 28.6. The molecule has 0 aliphatic carbocycles. The number of ether oxygens (including phenoxy) is 2. The summed E-state index contributed by atoms with van der Waals surface area (Å²) >= 11 is 5.74. The van der Waals surface area contributed by atoms with Crippen LogP contribution in [0.1, 0.15) is 33.9 Å². The lowest BCUT2D eigenvalue weighted by molar-refractivity contribution is -0.0590. The fourth-order valence-electron chi connectivity index (χ4n) is 4.69. The van der Waals surface area contributed by atoms with Gasteiger partial charge in [0.25, 0.3) is 5.88 Å².